The van der Waals surface area contributed by atoms with Crippen molar-refractivity contribution < 1.29 is 14.6 Å². The molecule has 2 heterocycles. The minimum absolute atomic E-state index is 0.217. The second kappa shape index (κ2) is 7.59. The van der Waals surface area contributed by atoms with Crippen LogP contribution in [-0.2, 0) is 23.1 Å². The van der Waals surface area contributed by atoms with Gasteiger partial charge in [0, 0.05) is 32.9 Å². The van der Waals surface area contributed by atoms with Gasteiger partial charge < -0.3 is 19.9 Å². The van der Waals surface area contributed by atoms with Crippen molar-refractivity contribution in [3.8, 4) is 0 Å². The van der Waals surface area contributed by atoms with Gasteiger partial charge in [-0.3, -0.25) is 4.68 Å². The van der Waals surface area contributed by atoms with E-state index in [1.807, 2.05) is 17.8 Å². The average Bonchev–Trinajstić information content (AvgIpc) is 3.02. The molecule has 1 saturated heterocycles. The summed E-state index contributed by atoms with van der Waals surface area (Å²) in [6, 6.07) is 1.95. The number of ether oxygens (including phenoxy) is 2. The smallest absolute Gasteiger partial charge is 0.0897 e. The first kappa shape index (κ1) is 14.5. The van der Waals surface area contributed by atoms with E-state index in [0.717, 1.165) is 25.1 Å². The number of hydrogen-bond acceptors (Lipinski definition) is 5. The molecule has 1 aromatic rings. The molecule has 0 bridgehead atoms. The first-order chi connectivity index (χ1) is 9.25. The van der Waals surface area contributed by atoms with Gasteiger partial charge in [-0.25, -0.2) is 0 Å². The molecular weight excluding hydrogens is 246 g/mol. The second-order valence-corrected chi connectivity index (χ2v) is 4.90. The van der Waals surface area contributed by atoms with Crippen molar-refractivity contribution in [2.75, 3.05) is 26.4 Å². The standard InChI is InChI=1S/C13H23N3O3/c1-16-11(4-5-15-16)7-14-8-12(17)9-18-10-13-3-2-6-19-13/h4-5,12-14,17H,2-3,6-10H2,1H3. The van der Waals surface area contributed by atoms with Gasteiger partial charge in [-0.2, -0.15) is 5.10 Å². The number of aliphatic hydroxyl groups is 1. The Kier molecular flexibility index (Phi) is 5.78. The van der Waals surface area contributed by atoms with Gasteiger partial charge in [0.05, 0.1) is 31.1 Å². The molecule has 0 aliphatic carbocycles. The van der Waals surface area contributed by atoms with Gasteiger partial charge in [0.2, 0.25) is 0 Å². The Labute approximate surface area is 113 Å². The van der Waals surface area contributed by atoms with Crippen LogP contribution in [0.3, 0.4) is 0 Å². The monoisotopic (exact) mass is 269 g/mol. The van der Waals surface area contributed by atoms with Gasteiger partial charge in [-0.1, -0.05) is 0 Å². The Morgan fingerprint density at radius 2 is 2.58 bits per heavy atom. The molecule has 19 heavy (non-hydrogen) atoms. The highest BCUT2D eigenvalue weighted by atomic mass is 16.5. The van der Waals surface area contributed by atoms with Crippen LogP contribution in [-0.4, -0.2) is 53.5 Å². The summed E-state index contributed by atoms with van der Waals surface area (Å²) in [5, 5.41) is 17.0. The second-order valence-electron chi connectivity index (χ2n) is 4.90. The molecule has 0 amide bonds. The van der Waals surface area contributed by atoms with E-state index in [1.165, 1.54) is 0 Å². The quantitative estimate of drug-likeness (QED) is 0.699. The Balaban J connectivity index is 1.52. The number of nitrogens with one attached hydrogen (secondary N) is 1. The summed E-state index contributed by atoms with van der Waals surface area (Å²) in [6.07, 6.45) is 3.67. The normalized spacial score (nSPS) is 20.8. The maximum absolute atomic E-state index is 9.77. The highest BCUT2D eigenvalue weighted by Crippen LogP contribution is 2.11. The molecule has 1 aliphatic rings. The van der Waals surface area contributed by atoms with E-state index in [4.69, 9.17) is 9.47 Å². The van der Waals surface area contributed by atoms with Crippen LogP contribution >= 0.6 is 0 Å². The lowest BCUT2D eigenvalue weighted by atomic mass is 10.2. The van der Waals surface area contributed by atoms with Crippen LogP contribution < -0.4 is 5.32 Å². The molecule has 2 rings (SSSR count). The third-order valence-electron chi connectivity index (χ3n) is 3.25. The molecular formula is C13H23N3O3. The molecule has 6 nitrogen and oxygen atoms in total. The van der Waals surface area contributed by atoms with Gasteiger partial charge in [0.25, 0.3) is 0 Å². The number of hydrogen-bond donors (Lipinski definition) is 2. The Bertz CT molecular complexity index is 364. The summed E-state index contributed by atoms with van der Waals surface area (Å²) in [5.41, 5.74) is 1.09. The first-order valence-corrected chi connectivity index (χ1v) is 6.80. The topological polar surface area (TPSA) is 68.5 Å². The summed E-state index contributed by atoms with van der Waals surface area (Å²) in [5.74, 6) is 0. The van der Waals surface area contributed by atoms with Crippen molar-refractivity contribution in [3.63, 3.8) is 0 Å². The molecule has 1 aromatic heterocycles. The maximum Gasteiger partial charge on any atom is 0.0897 e. The molecule has 0 radical (unpaired) electrons. The lowest BCUT2D eigenvalue weighted by Crippen LogP contribution is -2.31. The van der Waals surface area contributed by atoms with E-state index >= 15 is 0 Å². The Hall–Kier alpha value is -0.950. The van der Waals surface area contributed by atoms with Crippen molar-refractivity contribution in [1.29, 1.82) is 0 Å². The molecule has 0 saturated carbocycles. The van der Waals surface area contributed by atoms with Gasteiger partial charge >= 0.3 is 0 Å². The third-order valence-corrected chi connectivity index (χ3v) is 3.25. The molecule has 1 fully saturated rings. The molecule has 2 N–H and O–H groups in total. The molecule has 2 atom stereocenters. The van der Waals surface area contributed by atoms with E-state index in [2.05, 4.69) is 10.4 Å². The average molecular weight is 269 g/mol. The zero-order chi connectivity index (χ0) is 13.5. The van der Waals surface area contributed by atoms with Crippen LogP contribution in [0.25, 0.3) is 0 Å². The Morgan fingerprint density at radius 1 is 1.68 bits per heavy atom. The van der Waals surface area contributed by atoms with Gasteiger partial charge in [-0.15, -0.1) is 0 Å². The number of aromatic nitrogens is 2. The van der Waals surface area contributed by atoms with Crippen molar-refractivity contribution in [2.24, 2.45) is 7.05 Å². The third kappa shape index (κ3) is 4.91. The van der Waals surface area contributed by atoms with E-state index in [-0.39, 0.29) is 6.10 Å². The fraction of sp³-hybridized carbons (Fsp3) is 0.769. The summed E-state index contributed by atoms with van der Waals surface area (Å²) < 4.78 is 12.7. The number of aliphatic hydroxyl groups excluding tert-OH is 1. The van der Waals surface area contributed by atoms with Crippen molar-refractivity contribution >= 4 is 0 Å². The lowest BCUT2D eigenvalue weighted by molar-refractivity contribution is -0.0165. The predicted molar refractivity (Wildman–Crippen MR) is 70.7 cm³/mol. The summed E-state index contributed by atoms with van der Waals surface area (Å²) in [6.45, 7) is 2.97. The molecule has 2 unspecified atom stereocenters. The summed E-state index contributed by atoms with van der Waals surface area (Å²) >= 11 is 0. The predicted octanol–water partition coefficient (Wildman–Crippen LogP) is 0.0662. The zero-order valence-electron chi connectivity index (χ0n) is 11.4. The Morgan fingerprint density at radius 3 is 3.26 bits per heavy atom. The van der Waals surface area contributed by atoms with Crippen molar-refractivity contribution in [1.82, 2.24) is 15.1 Å². The van der Waals surface area contributed by atoms with Crippen molar-refractivity contribution in [3.05, 3.63) is 18.0 Å². The van der Waals surface area contributed by atoms with Crippen LogP contribution in [0.2, 0.25) is 0 Å². The highest BCUT2D eigenvalue weighted by molar-refractivity contribution is 4.99. The van der Waals surface area contributed by atoms with Gasteiger partial charge in [-0.05, 0) is 18.9 Å². The molecule has 108 valence electrons. The molecule has 0 aromatic carbocycles. The molecule has 6 heteroatoms. The summed E-state index contributed by atoms with van der Waals surface area (Å²) in [4.78, 5) is 0. The number of nitrogens with zero attached hydrogens (tertiary/aromatic N) is 2. The summed E-state index contributed by atoms with van der Waals surface area (Å²) in [7, 11) is 1.90. The fourth-order valence-electron chi connectivity index (χ4n) is 2.11. The van der Waals surface area contributed by atoms with E-state index in [0.29, 0.717) is 26.3 Å². The van der Waals surface area contributed by atoms with Crippen LogP contribution in [0.4, 0.5) is 0 Å². The van der Waals surface area contributed by atoms with Crippen molar-refractivity contribution in [2.45, 2.75) is 31.6 Å². The largest absolute Gasteiger partial charge is 0.389 e. The minimum Gasteiger partial charge on any atom is -0.389 e. The minimum atomic E-state index is -0.491. The number of aryl methyl sites for hydroxylation is 1. The molecule has 0 spiro atoms. The van der Waals surface area contributed by atoms with Crippen LogP contribution in [0.1, 0.15) is 18.5 Å². The maximum atomic E-state index is 9.77. The van der Waals surface area contributed by atoms with Crippen LogP contribution in [0.5, 0.6) is 0 Å². The SMILES string of the molecule is Cn1nccc1CNCC(O)COCC1CCCO1. The molecule has 1 aliphatic heterocycles. The van der Waals surface area contributed by atoms with E-state index in [1.54, 1.807) is 6.20 Å². The first-order valence-electron chi connectivity index (χ1n) is 6.80. The lowest BCUT2D eigenvalue weighted by Gasteiger charge is -2.14. The zero-order valence-corrected chi connectivity index (χ0v) is 11.4. The van der Waals surface area contributed by atoms with Gasteiger partial charge in [0.1, 0.15) is 0 Å². The van der Waals surface area contributed by atoms with Crippen LogP contribution in [0, 0.1) is 0 Å². The van der Waals surface area contributed by atoms with Crippen LogP contribution in [0.15, 0.2) is 12.3 Å². The number of rotatable bonds is 8. The van der Waals surface area contributed by atoms with E-state index in [9.17, 15) is 5.11 Å². The fourth-order valence-corrected chi connectivity index (χ4v) is 2.11. The highest BCUT2D eigenvalue weighted by Gasteiger charge is 2.16. The van der Waals surface area contributed by atoms with Gasteiger partial charge in [0.15, 0.2) is 0 Å². The van der Waals surface area contributed by atoms with E-state index < -0.39 is 6.10 Å².